The zero-order chi connectivity index (χ0) is 58.4. The molecule has 3 saturated heterocycles. The first-order valence-electron chi connectivity index (χ1n) is 28.2. The first-order chi connectivity index (χ1) is 38.2. The van der Waals surface area contributed by atoms with Crippen molar-refractivity contribution in [3.63, 3.8) is 0 Å². The molecule has 3 aliphatic rings. The highest BCUT2D eigenvalue weighted by Gasteiger charge is 2.35. The number of methoxy groups -OCH3 is 3. The molecule has 3 fully saturated rings. The summed E-state index contributed by atoms with van der Waals surface area (Å²) in [6.07, 6.45) is 9.63. The summed E-state index contributed by atoms with van der Waals surface area (Å²) in [7, 11) is 4.07. The second-order valence-corrected chi connectivity index (χ2v) is 22.1. The van der Waals surface area contributed by atoms with Crippen molar-refractivity contribution >= 4 is 53.8 Å². The van der Waals surface area contributed by atoms with E-state index in [1.165, 1.54) is 33.5 Å². The highest BCUT2D eigenvalue weighted by Crippen LogP contribution is 2.29. The van der Waals surface area contributed by atoms with Gasteiger partial charge in [0, 0.05) is 32.4 Å². The van der Waals surface area contributed by atoms with Gasteiger partial charge < -0.3 is 29.0 Å². The van der Waals surface area contributed by atoms with Gasteiger partial charge in [-0.1, -0.05) is 70.0 Å². The van der Waals surface area contributed by atoms with Crippen molar-refractivity contribution in [1.29, 1.82) is 0 Å². The number of benzene rings is 4. The van der Waals surface area contributed by atoms with Crippen LogP contribution in [0.1, 0.15) is 184 Å². The van der Waals surface area contributed by atoms with Gasteiger partial charge in [-0.05, 0) is 174 Å². The normalized spacial score (nSPS) is 18.2. The van der Waals surface area contributed by atoms with Crippen molar-refractivity contribution < 1.29 is 61.6 Å². The number of carbonyl (C=O) groups excluding carboxylic acids is 7. The summed E-state index contributed by atoms with van der Waals surface area (Å²) in [6, 6.07) is 27.1. The van der Waals surface area contributed by atoms with Gasteiger partial charge in [0.05, 0.1) is 56.1 Å². The standard InChI is InChI=1S/C25H30FNO4.C22H31NO5.C17H23NO3.ClH/c1-18(19-6-8-20(9-7-19)25(29)30-2)17-24(28)23-5-3-4-14-27(23)15-16-31-22-12-10-21(26)11-13-22;1-15(16-9-11-17(12-10-16)20(25)27-5)14-19(24)18-8-6-7-13-23(18)21(26)28-22(2,3)4;1-12(11-16(19)15-5-3-4-10-18-15)13-6-8-14(9-7-13)17(20)21-2;/h6-13,18,23H,3-5,14-17H2,1-2H3;9-12,15,18H,6-8,13-14H2,1-5H3;6-9,12,15,18H,3-5,10-11H2,1-2H3;1H/t18-,23-;15-,18-;12-,15-;/m111./s1. The predicted octanol–water partition coefficient (Wildman–Crippen LogP) is 12.0. The van der Waals surface area contributed by atoms with E-state index < -0.39 is 17.7 Å². The van der Waals surface area contributed by atoms with E-state index in [2.05, 4.69) is 15.0 Å². The van der Waals surface area contributed by atoms with Crippen LogP contribution in [0.3, 0.4) is 0 Å². The van der Waals surface area contributed by atoms with E-state index in [-0.39, 0.29) is 77.5 Å². The summed E-state index contributed by atoms with van der Waals surface area (Å²) in [5.41, 5.74) is 4.01. The van der Waals surface area contributed by atoms with Crippen molar-refractivity contribution in [2.24, 2.45) is 0 Å². The van der Waals surface area contributed by atoms with Crippen LogP contribution in [0.2, 0.25) is 0 Å². The minimum absolute atomic E-state index is 0. The molecule has 0 unspecified atom stereocenters. The molecule has 4 aromatic carbocycles. The van der Waals surface area contributed by atoms with E-state index in [9.17, 15) is 38.0 Å². The lowest BCUT2D eigenvalue weighted by Crippen LogP contribution is -2.49. The Balaban J connectivity index is 0.000000264. The molecule has 0 aromatic heterocycles. The average Bonchev–Trinajstić information content (AvgIpc) is 3.47. The quantitative estimate of drug-likeness (QED) is 0.0691. The molecule has 15 nitrogen and oxygen atoms in total. The van der Waals surface area contributed by atoms with E-state index >= 15 is 0 Å². The smallest absolute Gasteiger partial charge is 0.410 e. The number of nitrogens with one attached hydrogen (secondary N) is 1. The number of likely N-dealkylation sites (tertiary alicyclic amines) is 2. The van der Waals surface area contributed by atoms with Crippen LogP contribution in [0.5, 0.6) is 5.75 Å². The fourth-order valence-electron chi connectivity index (χ4n) is 10.2. The Labute approximate surface area is 484 Å². The number of esters is 3. The van der Waals surface area contributed by atoms with Crippen LogP contribution in [0.15, 0.2) is 97.1 Å². The van der Waals surface area contributed by atoms with Gasteiger partial charge in [0.25, 0.3) is 0 Å². The van der Waals surface area contributed by atoms with Crippen molar-refractivity contribution in [3.05, 3.63) is 136 Å². The van der Waals surface area contributed by atoms with E-state index in [1.807, 2.05) is 77.9 Å². The molecule has 0 bridgehead atoms. The van der Waals surface area contributed by atoms with Gasteiger partial charge in [-0.3, -0.25) is 24.2 Å². The fourth-order valence-corrected chi connectivity index (χ4v) is 10.2. The summed E-state index contributed by atoms with van der Waals surface area (Å²) in [5, 5.41) is 3.30. The van der Waals surface area contributed by atoms with Crippen LogP contribution in [0.25, 0.3) is 0 Å². The van der Waals surface area contributed by atoms with Gasteiger partial charge in [0.1, 0.15) is 29.6 Å². The zero-order valence-corrected chi connectivity index (χ0v) is 49.6. The Bertz CT molecular complexity index is 2640. The van der Waals surface area contributed by atoms with E-state index in [1.54, 1.807) is 53.4 Å². The topological polar surface area (TPSA) is 184 Å². The van der Waals surface area contributed by atoms with Gasteiger partial charge in [0.2, 0.25) is 0 Å². The number of nitrogens with zero attached hydrogens (tertiary/aromatic N) is 2. The van der Waals surface area contributed by atoms with Gasteiger partial charge in [-0.15, -0.1) is 12.4 Å². The average molecular weight is 1140 g/mol. The van der Waals surface area contributed by atoms with Crippen LogP contribution < -0.4 is 10.1 Å². The van der Waals surface area contributed by atoms with Crippen molar-refractivity contribution in [2.75, 3.05) is 54.1 Å². The molecule has 7 rings (SSSR count). The van der Waals surface area contributed by atoms with Crippen molar-refractivity contribution in [3.8, 4) is 5.75 Å². The molecule has 4 aromatic rings. The number of Topliss-reactive ketones (excluding diaryl/α,β-unsaturated/α-hetero) is 3. The second kappa shape index (κ2) is 33.4. The van der Waals surface area contributed by atoms with Gasteiger partial charge in [0.15, 0.2) is 11.6 Å². The number of ether oxygens (including phenoxy) is 5. The number of piperidine rings is 3. The molecule has 1 N–H and O–H groups in total. The molecule has 0 radical (unpaired) electrons. The minimum Gasteiger partial charge on any atom is -0.492 e. The molecule has 17 heteroatoms. The zero-order valence-electron chi connectivity index (χ0n) is 48.8. The van der Waals surface area contributed by atoms with Crippen molar-refractivity contribution in [1.82, 2.24) is 15.1 Å². The molecule has 442 valence electrons. The van der Waals surface area contributed by atoms with Crippen LogP contribution in [-0.2, 0) is 33.3 Å². The Morgan fingerprint density at radius 2 is 0.975 bits per heavy atom. The molecule has 81 heavy (non-hydrogen) atoms. The van der Waals surface area contributed by atoms with Gasteiger partial charge >= 0.3 is 24.0 Å². The molecular weight excluding hydrogens is 1060 g/mol. The third kappa shape index (κ3) is 21.4. The summed E-state index contributed by atoms with van der Waals surface area (Å²) in [6.45, 7) is 15.0. The number of halogens is 2. The van der Waals surface area contributed by atoms with E-state index in [0.29, 0.717) is 73.6 Å². The summed E-state index contributed by atoms with van der Waals surface area (Å²) in [4.78, 5) is 89.2. The summed E-state index contributed by atoms with van der Waals surface area (Å²) >= 11 is 0. The van der Waals surface area contributed by atoms with Crippen LogP contribution >= 0.6 is 12.4 Å². The first-order valence-corrected chi connectivity index (χ1v) is 28.2. The Kier molecular flexibility index (Phi) is 27.7. The van der Waals surface area contributed by atoms with Crippen LogP contribution in [0, 0.1) is 5.82 Å². The molecule has 3 aliphatic heterocycles. The number of ketones is 3. The maximum absolute atomic E-state index is 13.1. The Morgan fingerprint density at radius 1 is 0.556 bits per heavy atom. The van der Waals surface area contributed by atoms with E-state index in [4.69, 9.17) is 18.9 Å². The lowest BCUT2D eigenvalue weighted by atomic mass is 9.89. The lowest BCUT2D eigenvalue weighted by molar-refractivity contribution is -0.126. The maximum Gasteiger partial charge on any atom is 0.410 e. The first kappa shape index (κ1) is 67.0. The summed E-state index contributed by atoms with van der Waals surface area (Å²) in [5.74, 6) is 0.0555. The predicted molar refractivity (Wildman–Crippen MR) is 312 cm³/mol. The molecule has 0 spiro atoms. The monoisotopic (exact) mass is 1140 g/mol. The summed E-state index contributed by atoms with van der Waals surface area (Å²) < 4.78 is 38.3. The van der Waals surface area contributed by atoms with Gasteiger partial charge in [-0.2, -0.15) is 0 Å². The molecular formula is C64H85ClFN3O12. The van der Waals surface area contributed by atoms with Crippen LogP contribution in [-0.4, -0.2) is 129 Å². The molecule has 0 aliphatic carbocycles. The van der Waals surface area contributed by atoms with Crippen LogP contribution in [0.4, 0.5) is 9.18 Å². The third-order valence-corrected chi connectivity index (χ3v) is 14.9. The minimum atomic E-state index is -0.587. The molecule has 0 saturated carbocycles. The number of rotatable bonds is 19. The Hall–Kier alpha value is -6.49. The SMILES string of the molecule is COC(=O)c1ccc([C@H](C)CC(=O)[C@H]2CCCCN2)cc1.COC(=O)c1ccc([C@H](C)CC(=O)[C@H]2CCCCN2C(=O)OC(C)(C)C)cc1.COC(=O)c1ccc([C@H](C)CC(=O)[C@H]2CCCCN2CCOc2ccc(F)cc2)cc1.Cl. The second-order valence-electron chi connectivity index (χ2n) is 22.1. The Morgan fingerprint density at radius 3 is 1.41 bits per heavy atom. The number of amides is 1. The van der Waals surface area contributed by atoms with E-state index in [0.717, 1.165) is 81.1 Å². The number of hydrogen-bond acceptors (Lipinski definition) is 14. The van der Waals surface area contributed by atoms with Gasteiger partial charge in [-0.25, -0.2) is 23.6 Å². The fraction of sp³-hybridized carbons (Fsp3) is 0.516. The maximum atomic E-state index is 13.1. The lowest BCUT2D eigenvalue weighted by Gasteiger charge is -2.36. The molecule has 3 heterocycles. The molecule has 6 atom stereocenters. The highest BCUT2D eigenvalue weighted by molar-refractivity contribution is 5.91. The number of hydrogen-bond donors (Lipinski definition) is 1. The highest BCUT2D eigenvalue weighted by atomic mass is 35.5. The van der Waals surface area contributed by atoms with Crippen molar-refractivity contribution in [2.45, 2.75) is 160 Å². The largest absolute Gasteiger partial charge is 0.492 e. The number of carbonyl (C=O) groups is 7. The molecule has 1 amide bonds. The third-order valence-electron chi connectivity index (χ3n) is 14.9.